The van der Waals surface area contributed by atoms with Crippen LogP contribution in [0.4, 0.5) is 0 Å². The van der Waals surface area contributed by atoms with Crippen molar-refractivity contribution < 1.29 is 18.7 Å². The van der Waals surface area contributed by atoms with Crippen molar-refractivity contribution in [2.75, 3.05) is 27.4 Å². The second-order valence-electron chi connectivity index (χ2n) is 2.81. The average Bonchev–Trinajstić information content (AvgIpc) is 2.98. The van der Waals surface area contributed by atoms with Crippen molar-refractivity contribution in [3.63, 3.8) is 0 Å². The molecule has 1 unspecified atom stereocenters. The molecule has 0 spiro atoms. The summed E-state index contributed by atoms with van der Waals surface area (Å²) >= 11 is 0. The van der Waals surface area contributed by atoms with Crippen LogP contribution in [0.25, 0.3) is 0 Å². The van der Waals surface area contributed by atoms with E-state index >= 15 is 0 Å². The van der Waals surface area contributed by atoms with Crippen LogP contribution >= 0.6 is 0 Å². The number of hydrogen-bond donors (Lipinski definition) is 0. The number of ether oxygens (including phenoxy) is 1. The Morgan fingerprint density at radius 1 is 1.46 bits per heavy atom. The highest BCUT2D eigenvalue weighted by molar-refractivity contribution is 6.44. The molecule has 1 heterocycles. The van der Waals surface area contributed by atoms with Crippen molar-refractivity contribution in [3.05, 3.63) is 0 Å². The second kappa shape index (κ2) is 8.65. The molecule has 0 aromatic heterocycles. The molecule has 1 rings (SSSR count). The SMILES string of the molecule is CCC[SiH](OC)OC.[O]CC1CO1. The van der Waals surface area contributed by atoms with E-state index in [1.165, 1.54) is 6.42 Å². The van der Waals surface area contributed by atoms with Gasteiger partial charge >= 0.3 is 9.28 Å². The lowest BCUT2D eigenvalue weighted by molar-refractivity contribution is 0.164. The van der Waals surface area contributed by atoms with Gasteiger partial charge in [-0.05, 0) is 6.04 Å². The fraction of sp³-hybridized carbons (Fsp3) is 1.00. The fourth-order valence-corrected chi connectivity index (χ4v) is 1.87. The molecule has 1 fully saturated rings. The van der Waals surface area contributed by atoms with E-state index in [0.717, 1.165) is 6.04 Å². The first kappa shape index (κ1) is 13.1. The molecule has 0 amide bonds. The first-order chi connectivity index (χ1) is 6.28. The van der Waals surface area contributed by atoms with E-state index in [9.17, 15) is 5.11 Å². The van der Waals surface area contributed by atoms with Gasteiger partial charge in [0, 0.05) is 14.2 Å². The van der Waals surface area contributed by atoms with E-state index in [0.29, 0.717) is 6.61 Å². The number of hydrogen-bond acceptors (Lipinski definition) is 3. The van der Waals surface area contributed by atoms with Crippen molar-refractivity contribution >= 4 is 9.28 Å². The van der Waals surface area contributed by atoms with Crippen LogP contribution in [-0.2, 0) is 18.7 Å². The standard InChI is InChI=1S/C5H14O2Si.C3H5O2/c1-4-5-8(6-2)7-3;4-1-3-2-5-3/h8H,4-5H2,1-3H3;3H,1-2H2. The van der Waals surface area contributed by atoms with E-state index in [-0.39, 0.29) is 12.7 Å². The van der Waals surface area contributed by atoms with Crippen molar-refractivity contribution in [3.8, 4) is 0 Å². The second-order valence-corrected chi connectivity index (χ2v) is 5.19. The molecule has 79 valence electrons. The smallest absolute Gasteiger partial charge is 0.320 e. The Balaban J connectivity index is 0.000000243. The summed E-state index contributed by atoms with van der Waals surface area (Å²) in [7, 11) is 2.24. The lowest BCUT2D eigenvalue weighted by Gasteiger charge is -2.07. The van der Waals surface area contributed by atoms with Crippen LogP contribution < -0.4 is 0 Å². The van der Waals surface area contributed by atoms with Gasteiger partial charge in [0.1, 0.15) is 12.7 Å². The summed E-state index contributed by atoms with van der Waals surface area (Å²) < 4.78 is 14.7. The monoisotopic (exact) mass is 207 g/mol. The molecule has 4 nitrogen and oxygen atoms in total. The minimum Gasteiger partial charge on any atom is -0.400 e. The maximum atomic E-state index is 9.57. The Morgan fingerprint density at radius 3 is 2.08 bits per heavy atom. The van der Waals surface area contributed by atoms with Gasteiger partial charge in [0.05, 0.1) is 6.61 Å². The lowest BCUT2D eigenvalue weighted by atomic mass is 10.5. The average molecular weight is 207 g/mol. The molecule has 1 atom stereocenters. The fourth-order valence-electron chi connectivity index (χ4n) is 0.732. The summed E-state index contributed by atoms with van der Waals surface area (Å²) in [5, 5.41) is 9.57. The first-order valence-electron chi connectivity index (χ1n) is 4.53. The van der Waals surface area contributed by atoms with E-state index in [1.807, 2.05) is 0 Å². The quantitative estimate of drug-likeness (QED) is 0.493. The van der Waals surface area contributed by atoms with Crippen LogP contribution in [0, 0.1) is 0 Å². The molecule has 1 aliphatic heterocycles. The van der Waals surface area contributed by atoms with Gasteiger partial charge in [-0.1, -0.05) is 13.3 Å². The third-order valence-electron chi connectivity index (χ3n) is 1.64. The molecule has 0 bridgehead atoms. The molecule has 13 heavy (non-hydrogen) atoms. The van der Waals surface area contributed by atoms with E-state index in [2.05, 4.69) is 11.7 Å². The summed E-state index contributed by atoms with van der Waals surface area (Å²) in [6, 6.07) is 1.12. The van der Waals surface area contributed by atoms with Crippen LogP contribution in [0.2, 0.25) is 6.04 Å². The van der Waals surface area contributed by atoms with Crippen LogP contribution in [-0.4, -0.2) is 42.8 Å². The summed E-state index contributed by atoms with van der Waals surface area (Å²) in [6.07, 6.45) is 1.24. The minimum absolute atomic E-state index is 0.0556. The van der Waals surface area contributed by atoms with Gasteiger partial charge in [0.15, 0.2) is 0 Å². The summed E-state index contributed by atoms with van der Waals surface area (Å²) in [5.41, 5.74) is 0. The Kier molecular flexibility index (Phi) is 8.68. The van der Waals surface area contributed by atoms with Crippen LogP contribution in [0.1, 0.15) is 13.3 Å². The Morgan fingerprint density at radius 2 is 2.00 bits per heavy atom. The van der Waals surface area contributed by atoms with E-state index < -0.39 is 9.28 Å². The molecule has 0 aromatic rings. The summed E-state index contributed by atoms with van der Waals surface area (Å²) in [4.78, 5) is 0. The van der Waals surface area contributed by atoms with E-state index in [4.69, 9.17) is 8.85 Å². The van der Waals surface area contributed by atoms with Gasteiger partial charge in [0.25, 0.3) is 0 Å². The van der Waals surface area contributed by atoms with Crippen molar-refractivity contribution in [1.82, 2.24) is 0 Å². The first-order valence-corrected chi connectivity index (χ1v) is 6.29. The van der Waals surface area contributed by atoms with Crippen LogP contribution in [0.15, 0.2) is 0 Å². The molecular weight excluding hydrogens is 188 g/mol. The maximum Gasteiger partial charge on any atom is 0.320 e. The summed E-state index contributed by atoms with van der Waals surface area (Å²) in [5.74, 6) is 0. The molecule has 0 N–H and O–H groups in total. The van der Waals surface area contributed by atoms with E-state index in [1.54, 1.807) is 14.2 Å². The van der Waals surface area contributed by atoms with Gasteiger partial charge in [-0.15, -0.1) is 0 Å². The summed E-state index contributed by atoms with van der Waals surface area (Å²) in [6.45, 7) is 2.78. The minimum atomic E-state index is -1.19. The Bertz CT molecular complexity index is 104. The largest absolute Gasteiger partial charge is 0.400 e. The van der Waals surface area contributed by atoms with Gasteiger partial charge in [-0.3, -0.25) is 0 Å². The van der Waals surface area contributed by atoms with Crippen molar-refractivity contribution in [2.45, 2.75) is 25.5 Å². The Labute approximate surface area is 81.7 Å². The maximum absolute atomic E-state index is 9.57. The predicted molar refractivity (Wildman–Crippen MR) is 51.6 cm³/mol. The van der Waals surface area contributed by atoms with Crippen molar-refractivity contribution in [1.29, 1.82) is 0 Å². The van der Waals surface area contributed by atoms with Gasteiger partial charge in [0.2, 0.25) is 0 Å². The number of epoxide rings is 1. The molecule has 0 saturated carbocycles. The molecule has 1 radical (unpaired) electrons. The molecule has 0 aromatic carbocycles. The molecule has 5 heteroatoms. The van der Waals surface area contributed by atoms with Crippen molar-refractivity contribution in [2.24, 2.45) is 0 Å². The number of rotatable bonds is 5. The predicted octanol–water partition coefficient (Wildman–Crippen LogP) is 0.725. The zero-order valence-electron chi connectivity index (χ0n) is 8.62. The zero-order valence-corrected chi connectivity index (χ0v) is 9.77. The molecule has 1 aliphatic rings. The third kappa shape index (κ3) is 8.39. The van der Waals surface area contributed by atoms with Gasteiger partial charge in [-0.25, -0.2) is 5.11 Å². The third-order valence-corrected chi connectivity index (χ3v) is 3.74. The lowest BCUT2D eigenvalue weighted by Crippen LogP contribution is -2.17. The highest BCUT2D eigenvalue weighted by Crippen LogP contribution is 2.05. The normalized spacial score (nSPS) is 19.6. The Hall–Kier alpha value is 0.0569. The topological polar surface area (TPSA) is 50.9 Å². The zero-order chi connectivity index (χ0) is 10.1. The molecule has 0 aliphatic carbocycles. The highest BCUT2D eigenvalue weighted by Gasteiger charge is 2.20. The molecule has 1 saturated heterocycles. The highest BCUT2D eigenvalue weighted by atomic mass is 28.3. The van der Waals surface area contributed by atoms with Gasteiger partial charge in [-0.2, -0.15) is 0 Å². The van der Waals surface area contributed by atoms with Crippen LogP contribution in [0.3, 0.4) is 0 Å². The van der Waals surface area contributed by atoms with Crippen LogP contribution in [0.5, 0.6) is 0 Å². The molecular formula is C8H19O4Si. The van der Waals surface area contributed by atoms with Gasteiger partial charge < -0.3 is 13.6 Å².